The molecule has 1 aliphatic heterocycles. The lowest BCUT2D eigenvalue weighted by atomic mass is 9.92. The molecule has 3 atom stereocenters. The summed E-state index contributed by atoms with van der Waals surface area (Å²) in [6, 6.07) is 9.58. The van der Waals surface area contributed by atoms with Crippen molar-refractivity contribution in [2.24, 2.45) is 5.92 Å². The molecule has 2 bridgehead atoms. The lowest BCUT2D eigenvalue weighted by Gasteiger charge is -2.23. The predicted octanol–water partition coefficient (Wildman–Crippen LogP) is 2.91. The molecule has 0 amide bonds. The molecule has 3 rings (SSSR count). The van der Waals surface area contributed by atoms with Crippen LogP contribution in [-0.2, 0) is 0 Å². The summed E-state index contributed by atoms with van der Waals surface area (Å²) >= 11 is 3.48. The minimum Gasteiger partial charge on any atom is -0.313 e. The van der Waals surface area contributed by atoms with Crippen LogP contribution in [0.4, 0.5) is 0 Å². The summed E-state index contributed by atoms with van der Waals surface area (Å²) in [7, 11) is 0. The molecule has 0 aromatic heterocycles. The first-order chi connectivity index (χ1) is 6.83. The van der Waals surface area contributed by atoms with Gasteiger partial charge in [-0.05, 0) is 48.9 Å². The number of halogens is 1. The van der Waals surface area contributed by atoms with Crippen molar-refractivity contribution in [3.63, 3.8) is 0 Å². The average molecular weight is 252 g/mol. The van der Waals surface area contributed by atoms with Crippen LogP contribution in [0.2, 0.25) is 0 Å². The molecule has 1 saturated carbocycles. The molecule has 1 aromatic rings. The molecular weight excluding hydrogens is 238 g/mol. The van der Waals surface area contributed by atoms with Crippen molar-refractivity contribution >= 4 is 15.9 Å². The van der Waals surface area contributed by atoms with Gasteiger partial charge >= 0.3 is 0 Å². The molecule has 1 nitrogen and oxygen atoms in total. The maximum atomic E-state index is 3.61. The summed E-state index contributed by atoms with van der Waals surface area (Å²) in [5.74, 6) is 1.70. The smallest absolute Gasteiger partial charge is 0.0175 e. The Morgan fingerprint density at radius 1 is 1.14 bits per heavy atom. The molecule has 1 aliphatic carbocycles. The van der Waals surface area contributed by atoms with Gasteiger partial charge in [-0.1, -0.05) is 28.1 Å². The minimum atomic E-state index is 0.751. The van der Waals surface area contributed by atoms with Crippen LogP contribution in [0.15, 0.2) is 28.7 Å². The van der Waals surface area contributed by atoms with Gasteiger partial charge in [-0.25, -0.2) is 0 Å². The van der Waals surface area contributed by atoms with Crippen LogP contribution in [-0.4, -0.2) is 12.6 Å². The van der Waals surface area contributed by atoms with E-state index in [1.165, 1.54) is 29.4 Å². The Morgan fingerprint density at radius 2 is 1.93 bits per heavy atom. The Labute approximate surface area is 93.0 Å². The van der Waals surface area contributed by atoms with Crippen molar-refractivity contribution in [2.75, 3.05) is 6.54 Å². The van der Waals surface area contributed by atoms with E-state index in [4.69, 9.17) is 0 Å². The monoisotopic (exact) mass is 251 g/mol. The maximum Gasteiger partial charge on any atom is 0.0175 e. The van der Waals surface area contributed by atoms with Gasteiger partial charge in [-0.3, -0.25) is 0 Å². The van der Waals surface area contributed by atoms with Gasteiger partial charge < -0.3 is 5.32 Å². The number of rotatable bonds is 1. The Hall–Kier alpha value is -0.340. The van der Waals surface area contributed by atoms with Crippen molar-refractivity contribution in [1.82, 2.24) is 5.32 Å². The largest absolute Gasteiger partial charge is 0.313 e. The molecule has 1 heterocycles. The van der Waals surface area contributed by atoms with Gasteiger partial charge in [0.05, 0.1) is 0 Å². The van der Waals surface area contributed by atoms with Crippen molar-refractivity contribution < 1.29 is 0 Å². The number of nitrogens with one attached hydrogen (secondary N) is 1. The first kappa shape index (κ1) is 8.93. The Kier molecular flexibility index (Phi) is 2.14. The normalized spacial score (nSPS) is 35.1. The van der Waals surface area contributed by atoms with Crippen molar-refractivity contribution in [2.45, 2.75) is 24.8 Å². The predicted molar refractivity (Wildman–Crippen MR) is 61.4 cm³/mol. The molecule has 1 N–H and O–H groups in total. The van der Waals surface area contributed by atoms with Gasteiger partial charge in [0.2, 0.25) is 0 Å². The molecule has 0 radical (unpaired) electrons. The van der Waals surface area contributed by atoms with Gasteiger partial charge in [-0.2, -0.15) is 0 Å². The summed E-state index contributed by atoms with van der Waals surface area (Å²) < 4.78 is 1.18. The summed E-state index contributed by atoms with van der Waals surface area (Å²) in [5.41, 5.74) is 1.51. The molecule has 2 aliphatic rings. The zero-order valence-corrected chi connectivity index (χ0v) is 9.63. The molecule has 1 saturated heterocycles. The number of piperidine rings is 1. The first-order valence-electron chi connectivity index (χ1n) is 5.32. The topological polar surface area (TPSA) is 12.0 Å². The number of hydrogen-bond donors (Lipinski definition) is 1. The third-order valence-corrected chi connectivity index (χ3v) is 4.16. The molecule has 14 heavy (non-hydrogen) atoms. The molecule has 2 heteroatoms. The van der Waals surface area contributed by atoms with Gasteiger partial charge in [0, 0.05) is 10.5 Å². The van der Waals surface area contributed by atoms with E-state index in [1.807, 2.05) is 0 Å². The lowest BCUT2D eigenvalue weighted by Crippen LogP contribution is -2.31. The van der Waals surface area contributed by atoms with Crippen LogP contribution >= 0.6 is 15.9 Å². The Balaban J connectivity index is 1.86. The SMILES string of the molecule is Brc1ccc([C@@H]2C[C@H]3CN[C@@H]2C3)cc1. The van der Waals surface area contributed by atoms with E-state index in [-0.39, 0.29) is 0 Å². The molecular formula is C12H14BrN. The van der Waals surface area contributed by atoms with E-state index in [9.17, 15) is 0 Å². The average Bonchev–Trinajstić information content (AvgIpc) is 2.80. The highest BCUT2D eigenvalue weighted by Gasteiger charge is 2.39. The highest BCUT2D eigenvalue weighted by Crippen LogP contribution is 2.42. The zero-order chi connectivity index (χ0) is 9.54. The third kappa shape index (κ3) is 1.41. The fourth-order valence-electron chi connectivity index (χ4n) is 2.93. The maximum absolute atomic E-state index is 3.61. The summed E-state index contributed by atoms with van der Waals surface area (Å²) in [4.78, 5) is 0. The van der Waals surface area contributed by atoms with Crippen LogP contribution in [0.3, 0.4) is 0 Å². The highest BCUT2D eigenvalue weighted by molar-refractivity contribution is 9.10. The van der Waals surface area contributed by atoms with Gasteiger partial charge in [0.15, 0.2) is 0 Å². The number of fused-ring (bicyclic) bond motifs is 2. The van der Waals surface area contributed by atoms with E-state index in [2.05, 4.69) is 45.5 Å². The van der Waals surface area contributed by atoms with Crippen molar-refractivity contribution in [3.8, 4) is 0 Å². The van der Waals surface area contributed by atoms with Crippen molar-refractivity contribution in [3.05, 3.63) is 34.3 Å². The van der Waals surface area contributed by atoms with Gasteiger partial charge in [0.1, 0.15) is 0 Å². The number of hydrogen-bond acceptors (Lipinski definition) is 1. The lowest BCUT2D eigenvalue weighted by molar-refractivity contribution is 0.448. The van der Waals surface area contributed by atoms with E-state index in [1.54, 1.807) is 0 Å². The highest BCUT2D eigenvalue weighted by atomic mass is 79.9. The van der Waals surface area contributed by atoms with E-state index < -0.39 is 0 Å². The van der Waals surface area contributed by atoms with Crippen LogP contribution in [0.25, 0.3) is 0 Å². The number of benzene rings is 1. The minimum absolute atomic E-state index is 0.751. The third-order valence-electron chi connectivity index (χ3n) is 3.63. The van der Waals surface area contributed by atoms with Crippen LogP contribution in [0.5, 0.6) is 0 Å². The second-order valence-corrected chi connectivity index (χ2v) is 5.43. The van der Waals surface area contributed by atoms with Crippen molar-refractivity contribution in [1.29, 1.82) is 0 Å². The van der Waals surface area contributed by atoms with E-state index >= 15 is 0 Å². The summed E-state index contributed by atoms with van der Waals surface area (Å²) in [6.45, 7) is 1.25. The Bertz CT molecular complexity index is 333. The summed E-state index contributed by atoms with van der Waals surface area (Å²) in [5, 5.41) is 3.61. The van der Waals surface area contributed by atoms with Crippen LogP contribution < -0.4 is 5.32 Å². The zero-order valence-electron chi connectivity index (χ0n) is 8.04. The summed E-state index contributed by atoms with van der Waals surface area (Å²) in [6.07, 6.45) is 2.78. The molecule has 1 aromatic carbocycles. The molecule has 74 valence electrons. The standard InChI is InChI=1S/C12H14BrN/c13-10-3-1-9(2-4-10)11-5-8-6-12(11)14-7-8/h1-4,8,11-12,14H,5-7H2/t8-,11+,12-/m1/s1. The molecule has 0 spiro atoms. The van der Waals surface area contributed by atoms with Gasteiger partial charge in [-0.15, -0.1) is 0 Å². The quantitative estimate of drug-likeness (QED) is 0.810. The fourth-order valence-corrected chi connectivity index (χ4v) is 3.20. The van der Waals surface area contributed by atoms with Crippen LogP contribution in [0, 0.1) is 5.92 Å². The van der Waals surface area contributed by atoms with Crippen LogP contribution in [0.1, 0.15) is 24.3 Å². The fraction of sp³-hybridized carbons (Fsp3) is 0.500. The first-order valence-corrected chi connectivity index (χ1v) is 6.11. The molecule has 2 fully saturated rings. The van der Waals surface area contributed by atoms with E-state index in [0.717, 1.165) is 17.9 Å². The second kappa shape index (κ2) is 3.35. The molecule has 0 unspecified atom stereocenters. The van der Waals surface area contributed by atoms with Gasteiger partial charge in [0.25, 0.3) is 0 Å². The Morgan fingerprint density at radius 3 is 2.50 bits per heavy atom. The van der Waals surface area contributed by atoms with E-state index in [0.29, 0.717) is 0 Å². The second-order valence-electron chi connectivity index (χ2n) is 4.51.